The zero-order valence-electron chi connectivity index (χ0n) is 45.5. The first kappa shape index (κ1) is 49.6. The molecule has 0 unspecified atom stereocenters. The summed E-state index contributed by atoms with van der Waals surface area (Å²) in [4.78, 5) is 11.5. The van der Waals surface area contributed by atoms with Gasteiger partial charge in [-0.15, -0.1) is 6.07 Å². The summed E-state index contributed by atoms with van der Waals surface area (Å²) in [5.41, 5.74) is 17.0. The molecule has 0 amide bonds. The van der Waals surface area contributed by atoms with Crippen molar-refractivity contribution in [1.29, 1.82) is 0 Å². The zero-order chi connectivity index (χ0) is 53.0. The molecule has 0 radical (unpaired) electrons. The molecule has 1 N–H and O–H groups in total. The van der Waals surface area contributed by atoms with Crippen LogP contribution in [0.2, 0.25) is 0 Å². The van der Waals surface area contributed by atoms with Gasteiger partial charge in [0.25, 0.3) is 0 Å². The Bertz CT molecular complexity index is 4760. The van der Waals surface area contributed by atoms with Gasteiger partial charge in [0, 0.05) is 48.5 Å². The molecule has 5 heterocycles. The number of aromatic hydroxyl groups is 1. The van der Waals surface area contributed by atoms with Crippen molar-refractivity contribution in [3.8, 4) is 45.1 Å². The molecule has 78 heavy (non-hydrogen) atoms. The Morgan fingerprint density at radius 1 is 0.538 bits per heavy atom. The predicted octanol–water partition coefficient (Wildman–Crippen LogP) is 19.3. The van der Waals surface area contributed by atoms with E-state index in [2.05, 4.69) is 230 Å². The van der Waals surface area contributed by atoms with Crippen LogP contribution in [0.5, 0.6) is 5.75 Å². The fourth-order valence-electron chi connectivity index (χ4n) is 12.2. The first-order chi connectivity index (χ1) is 37.0. The van der Waals surface area contributed by atoms with Gasteiger partial charge in [0.1, 0.15) is 22.7 Å². The molecule has 0 atom stereocenters. The predicted molar refractivity (Wildman–Crippen MR) is 319 cm³/mol. The van der Waals surface area contributed by atoms with Gasteiger partial charge in [-0.3, -0.25) is 9.55 Å². The van der Waals surface area contributed by atoms with Crippen molar-refractivity contribution in [2.75, 3.05) is 0 Å². The summed E-state index contributed by atoms with van der Waals surface area (Å²) in [7, 11) is 0. The van der Waals surface area contributed by atoms with Crippen LogP contribution in [0.15, 0.2) is 167 Å². The molecule has 7 nitrogen and oxygen atoms in total. The number of furan rings is 2. The number of hydrogen-bond donors (Lipinski definition) is 1. The van der Waals surface area contributed by atoms with E-state index in [-0.39, 0.29) is 49.5 Å². The molecule has 5 aromatic heterocycles. The summed E-state index contributed by atoms with van der Waals surface area (Å²) in [6, 6.07) is 59.7. The van der Waals surface area contributed by atoms with Crippen LogP contribution in [0.1, 0.15) is 103 Å². The van der Waals surface area contributed by atoms with Gasteiger partial charge < -0.3 is 18.3 Å². The van der Waals surface area contributed by atoms with Gasteiger partial charge in [-0.2, -0.15) is 0 Å². The Balaban J connectivity index is 0.00000579. The second kappa shape index (κ2) is 17.8. The number of aromatic nitrogens is 4. The Kier molecular flexibility index (Phi) is 11.3. The Morgan fingerprint density at radius 3 is 1.88 bits per heavy atom. The minimum absolute atomic E-state index is 0. The molecular weight excluding hydrogens is 1140 g/mol. The second-order valence-electron chi connectivity index (χ2n) is 23.8. The fraction of sp³-hybridized carbons (Fsp3) is 0.200. The number of nitrogens with zero attached hydrogens (tertiary/aromatic N) is 4. The molecule has 0 saturated carbocycles. The van der Waals surface area contributed by atoms with E-state index in [4.69, 9.17) is 18.8 Å². The van der Waals surface area contributed by atoms with Crippen molar-refractivity contribution in [2.45, 2.75) is 91.9 Å². The summed E-state index contributed by atoms with van der Waals surface area (Å²) in [5, 5.41) is 21.0. The second-order valence-corrected chi connectivity index (χ2v) is 23.8. The fourth-order valence-corrected chi connectivity index (χ4v) is 12.2. The summed E-state index contributed by atoms with van der Waals surface area (Å²) in [6.45, 7) is 22.4. The van der Waals surface area contributed by atoms with Crippen LogP contribution in [-0.2, 0) is 31.9 Å². The molecular formula is C70H59N4O3Pt-. The molecule has 14 aromatic rings. The van der Waals surface area contributed by atoms with E-state index in [1.165, 1.54) is 22.3 Å². The van der Waals surface area contributed by atoms with Gasteiger partial charge in [0.15, 0.2) is 5.71 Å². The smallest absolute Gasteiger partial charge is 0.197 e. The van der Waals surface area contributed by atoms with Gasteiger partial charge >= 0.3 is 0 Å². The quantitative estimate of drug-likeness (QED) is 0.168. The van der Waals surface area contributed by atoms with Crippen molar-refractivity contribution < 1.29 is 35.0 Å². The first-order valence-corrected chi connectivity index (χ1v) is 27.0. The molecule has 388 valence electrons. The molecule has 9 aromatic carbocycles. The number of hydrogen-bond acceptors (Lipinski definition) is 5. The van der Waals surface area contributed by atoms with Crippen molar-refractivity contribution in [3.63, 3.8) is 0 Å². The summed E-state index contributed by atoms with van der Waals surface area (Å²) in [5.74, 6) is 1.22. The first-order valence-electron chi connectivity index (χ1n) is 27.0. The Labute approximate surface area is 467 Å². The monoisotopic (exact) mass is 1200 g/mol. The van der Waals surface area contributed by atoms with E-state index in [9.17, 15) is 5.11 Å². The average molecular weight is 1200 g/mol. The molecule has 0 bridgehead atoms. The number of rotatable bonds is 6. The molecule has 0 aliphatic heterocycles. The van der Waals surface area contributed by atoms with Crippen LogP contribution >= 0.6 is 0 Å². The molecule has 0 spiro atoms. The normalized spacial score (nSPS) is 12.7. The van der Waals surface area contributed by atoms with E-state index < -0.39 is 0 Å². The van der Waals surface area contributed by atoms with Crippen molar-refractivity contribution in [3.05, 3.63) is 186 Å². The van der Waals surface area contributed by atoms with Gasteiger partial charge in [0.2, 0.25) is 0 Å². The van der Waals surface area contributed by atoms with E-state index in [0.29, 0.717) is 22.7 Å². The summed E-state index contributed by atoms with van der Waals surface area (Å²) in [6.07, 6.45) is 0. The third-order valence-corrected chi connectivity index (χ3v) is 16.1. The molecule has 0 fully saturated rings. The minimum Gasteiger partial charge on any atom is -0.507 e. The number of benzene rings is 9. The van der Waals surface area contributed by atoms with Gasteiger partial charge in [-0.25, -0.2) is 4.98 Å². The number of pyridine rings is 1. The maximum atomic E-state index is 12.8. The number of imidazole rings is 2. The number of phenolic OH excluding ortho intramolecular Hbond substituents is 1. The minimum atomic E-state index is -0.359. The van der Waals surface area contributed by atoms with Crippen LogP contribution < -0.4 is 0 Å². The largest absolute Gasteiger partial charge is 0.507 e. The third-order valence-electron chi connectivity index (χ3n) is 16.1. The maximum absolute atomic E-state index is 12.8. The number of fused-ring (bicyclic) bond motifs is 16. The molecule has 14 rings (SSSR count). The Hall–Kier alpha value is -7.99. The van der Waals surface area contributed by atoms with E-state index >= 15 is 0 Å². The topological polar surface area (TPSA) is 81.6 Å². The summed E-state index contributed by atoms with van der Waals surface area (Å²) >= 11 is 0. The van der Waals surface area contributed by atoms with Gasteiger partial charge in [-0.1, -0.05) is 201 Å². The number of phenols is 1. The van der Waals surface area contributed by atoms with Crippen LogP contribution in [0.3, 0.4) is 0 Å². The SMILES string of the molecule is CC(C)c1cc(-c2ccccc2)cc(C(C)C)c1-n1c(-c2cc(C(C)(C)C)cc(C(C)(C)C)c2O)nc2c(-c3cccc4c3nc3c5[c-]c6oc7ccc8ccccc8c7c6cc5c5c6ccccc6oc5n43)cccc21.[Pt]. The van der Waals surface area contributed by atoms with Crippen LogP contribution in [0, 0.1) is 6.07 Å². The van der Waals surface area contributed by atoms with Gasteiger partial charge in [0.05, 0.1) is 44.5 Å². The maximum Gasteiger partial charge on any atom is 0.197 e. The Morgan fingerprint density at radius 2 is 1.19 bits per heavy atom. The average Bonchev–Trinajstić information content (AvgIpc) is 4.36. The van der Waals surface area contributed by atoms with Crippen LogP contribution in [0.4, 0.5) is 0 Å². The molecule has 0 saturated heterocycles. The van der Waals surface area contributed by atoms with Crippen molar-refractivity contribution in [1.82, 2.24) is 18.9 Å². The molecule has 8 heteroatoms. The van der Waals surface area contributed by atoms with Crippen LogP contribution in [-0.4, -0.2) is 24.0 Å². The molecule has 0 aliphatic carbocycles. The van der Waals surface area contributed by atoms with Crippen LogP contribution in [0.25, 0.3) is 133 Å². The molecule has 0 aliphatic rings. The van der Waals surface area contributed by atoms with Crippen molar-refractivity contribution in [2.24, 2.45) is 0 Å². The summed E-state index contributed by atoms with van der Waals surface area (Å²) < 4.78 is 18.2. The zero-order valence-corrected chi connectivity index (χ0v) is 47.8. The standard InChI is InChI=1S/C70H59N4O3.Pt/c1-38(2)48-32-42(40-20-12-11-13-21-40)33-49(39(3)4)64(48)73-55-27-18-25-45(62(55)72-67(73)53-34-43(69(5,6)7)35-54(65(53)75)70(8,9)10)46-26-19-28-56-63(46)71-66-51-37-59-52(60-44-23-15-14-22-41(44)30-31-58(60)76-59)36-50(51)61-47-24-16-17-29-57(47)77-68(61)74(56)66;/h11-36,38-39,75H,1-10H3;/q-1;. The van der Waals surface area contributed by atoms with E-state index in [1.54, 1.807) is 0 Å². The van der Waals surface area contributed by atoms with Gasteiger partial charge in [-0.05, 0) is 109 Å². The van der Waals surface area contributed by atoms with E-state index in [1.807, 2.05) is 12.1 Å². The van der Waals surface area contributed by atoms with Crippen molar-refractivity contribution >= 4 is 93.3 Å². The van der Waals surface area contributed by atoms with E-state index in [0.717, 1.165) is 110 Å². The third kappa shape index (κ3) is 7.41. The number of para-hydroxylation sites is 3.